The van der Waals surface area contributed by atoms with Gasteiger partial charge in [-0.05, 0) is 60.2 Å². The molecule has 1 fully saturated rings. The Kier molecular flexibility index (Phi) is 4.42. The third kappa shape index (κ3) is 3.26. The summed E-state index contributed by atoms with van der Waals surface area (Å²) >= 11 is 0. The van der Waals surface area contributed by atoms with Gasteiger partial charge >= 0.3 is 0 Å². The molecular weight excluding hydrogens is 369 g/mol. The first kappa shape index (κ1) is 18.6. The Hall–Kier alpha value is -2.80. The second-order valence-corrected chi connectivity index (χ2v) is 7.47. The van der Waals surface area contributed by atoms with E-state index < -0.39 is 23.1 Å². The van der Waals surface area contributed by atoms with E-state index in [1.165, 1.54) is 25.1 Å². The number of hydrogen-bond acceptors (Lipinski definition) is 2. The number of aliphatic hydroxyl groups is 1. The SMILES string of the molecule is CC(=O)NC[C@]1(O)C[C@@H](c2c(-c3ccc(F)cc3)[nH]c3c(F)cc(F)cc32)C1. The Balaban J connectivity index is 1.77. The van der Waals surface area contributed by atoms with Crippen LogP contribution in [-0.2, 0) is 4.79 Å². The molecular formula is C21H19F3N2O2. The summed E-state index contributed by atoms with van der Waals surface area (Å²) in [6.07, 6.45) is 0.680. The van der Waals surface area contributed by atoms with Gasteiger partial charge in [0.25, 0.3) is 0 Å². The van der Waals surface area contributed by atoms with Crippen molar-refractivity contribution in [2.75, 3.05) is 6.54 Å². The van der Waals surface area contributed by atoms with Gasteiger partial charge in [0.2, 0.25) is 5.91 Å². The van der Waals surface area contributed by atoms with E-state index in [9.17, 15) is 23.1 Å². The number of carbonyl (C=O) groups is 1. The lowest BCUT2D eigenvalue weighted by atomic mass is 9.67. The number of amides is 1. The van der Waals surface area contributed by atoms with E-state index in [-0.39, 0.29) is 23.9 Å². The minimum Gasteiger partial charge on any atom is -0.388 e. The summed E-state index contributed by atoms with van der Waals surface area (Å²) in [7, 11) is 0. The highest BCUT2D eigenvalue weighted by Crippen LogP contribution is 2.50. The summed E-state index contributed by atoms with van der Waals surface area (Å²) in [6, 6.07) is 7.82. The van der Waals surface area contributed by atoms with Crippen LogP contribution in [0.4, 0.5) is 13.2 Å². The minimum atomic E-state index is -1.06. The molecule has 0 radical (unpaired) electrons. The van der Waals surface area contributed by atoms with Crippen molar-refractivity contribution in [3.63, 3.8) is 0 Å². The van der Waals surface area contributed by atoms with Crippen LogP contribution in [0.5, 0.6) is 0 Å². The number of aromatic amines is 1. The number of hydrogen-bond donors (Lipinski definition) is 3. The Labute approximate surface area is 159 Å². The predicted octanol–water partition coefficient (Wildman–Crippen LogP) is 4.00. The molecule has 7 heteroatoms. The van der Waals surface area contributed by atoms with E-state index in [0.717, 1.165) is 6.07 Å². The number of rotatable bonds is 4. The van der Waals surface area contributed by atoms with Crippen molar-refractivity contribution < 1.29 is 23.1 Å². The van der Waals surface area contributed by atoms with Gasteiger partial charge in [0.1, 0.15) is 17.5 Å². The lowest BCUT2D eigenvalue weighted by Crippen LogP contribution is -2.51. The normalized spacial score (nSPS) is 21.5. The molecule has 0 bridgehead atoms. The third-order valence-electron chi connectivity index (χ3n) is 5.32. The van der Waals surface area contributed by atoms with Crippen molar-refractivity contribution in [1.29, 1.82) is 0 Å². The summed E-state index contributed by atoms with van der Waals surface area (Å²) < 4.78 is 41.6. The van der Waals surface area contributed by atoms with E-state index >= 15 is 0 Å². The Morgan fingerprint density at radius 1 is 1.18 bits per heavy atom. The zero-order chi connectivity index (χ0) is 20.1. The van der Waals surface area contributed by atoms with Gasteiger partial charge in [-0.15, -0.1) is 0 Å². The summed E-state index contributed by atoms with van der Waals surface area (Å²) in [5.41, 5.74) is 1.02. The zero-order valence-electron chi connectivity index (χ0n) is 15.2. The molecule has 1 amide bonds. The van der Waals surface area contributed by atoms with Gasteiger partial charge in [0.15, 0.2) is 0 Å². The van der Waals surface area contributed by atoms with Crippen LogP contribution in [-0.4, -0.2) is 28.1 Å². The quantitative estimate of drug-likeness (QED) is 0.633. The number of aromatic nitrogens is 1. The largest absolute Gasteiger partial charge is 0.388 e. The van der Waals surface area contributed by atoms with Gasteiger partial charge < -0.3 is 15.4 Å². The molecule has 0 saturated heterocycles. The fourth-order valence-corrected chi connectivity index (χ4v) is 4.00. The molecule has 146 valence electrons. The maximum Gasteiger partial charge on any atom is 0.216 e. The molecule has 0 atom stereocenters. The molecule has 0 spiro atoms. The van der Waals surface area contributed by atoms with Crippen LogP contribution in [0.3, 0.4) is 0 Å². The van der Waals surface area contributed by atoms with Crippen LogP contribution < -0.4 is 5.32 Å². The molecule has 1 saturated carbocycles. The van der Waals surface area contributed by atoms with E-state index in [1.807, 2.05) is 0 Å². The molecule has 3 aromatic rings. The highest BCUT2D eigenvalue weighted by Gasteiger charge is 2.45. The predicted molar refractivity (Wildman–Crippen MR) is 99.2 cm³/mol. The maximum atomic E-state index is 14.3. The van der Waals surface area contributed by atoms with Gasteiger partial charge in [0, 0.05) is 24.9 Å². The second kappa shape index (κ2) is 6.67. The lowest BCUT2D eigenvalue weighted by Gasteiger charge is -2.44. The van der Waals surface area contributed by atoms with Crippen molar-refractivity contribution in [3.8, 4) is 11.3 Å². The van der Waals surface area contributed by atoms with Crippen LogP contribution in [0.15, 0.2) is 36.4 Å². The van der Waals surface area contributed by atoms with Gasteiger partial charge in [-0.2, -0.15) is 0 Å². The number of nitrogens with one attached hydrogen (secondary N) is 2. The molecule has 4 nitrogen and oxygen atoms in total. The smallest absolute Gasteiger partial charge is 0.216 e. The lowest BCUT2D eigenvalue weighted by molar-refractivity contribution is -0.121. The minimum absolute atomic E-state index is 0.121. The van der Waals surface area contributed by atoms with E-state index in [4.69, 9.17) is 0 Å². The summed E-state index contributed by atoms with van der Waals surface area (Å²) in [5, 5.41) is 13.6. The average Bonchev–Trinajstić information content (AvgIpc) is 2.97. The Morgan fingerprint density at radius 3 is 2.50 bits per heavy atom. The zero-order valence-corrected chi connectivity index (χ0v) is 15.2. The summed E-state index contributed by atoms with van der Waals surface area (Å²) in [6.45, 7) is 1.49. The standard InChI is InChI=1S/C21H19F3N2O2/c1-11(27)25-10-21(28)8-13(9-21)18-16-6-15(23)7-17(24)20(16)26-19(18)12-2-4-14(22)5-3-12/h2-7,13,26,28H,8-10H2,1H3,(H,25,27)/t13-,21+. The monoisotopic (exact) mass is 388 g/mol. The first-order valence-electron chi connectivity index (χ1n) is 8.99. The molecule has 0 unspecified atom stereocenters. The van der Waals surface area contributed by atoms with Gasteiger partial charge in [-0.3, -0.25) is 4.79 Å². The van der Waals surface area contributed by atoms with Crippen LogP contribution in [0.1, 0.15) is 31.2 Å². The van der Waals surface area contributed by atoms with Gasteiger partial charge in [0.05, 0.1) is 16.8 Å². The first-order valence-corrected chi connectivity index (χ1v) is 8.99. The van der Waals surface area contributed by atoms with Crippen molar-refractivity contribution >= 4 is 16.8 Å². The van der Waals surface area contributed by atoms with Gasteiger partial charge in [-0.25, -0.2) is 13.2 Å². The molecule has 2 aromatic carbocycles. The second-order valence-electron chi connectivity index (χ2n) is 7.47. The van der Waals surface area contributed by atoms with Crippen molar-refractivity contribution in [2.45, 2.75) is 31.3 Å². The molecule has 1 heterocycles. The number of benzene rings is 2. The maximum absolute atomic E-state index is 14.3. The van der Waals surface area contributed by atoms with E-state index in [0.29, 0.717) is 35.0 Å². The number of fused-ring (bicyclic) bond motifs is 1. The van der Waals surface area contributed by atoms with E-state index in [1.54, 1.807) is 12.1 Å². The summed E-state index contributed by atoms with van der Waals surface area (Å²) in [4.78, 5) is 14.1. The van der Waals surface area contributed by atoms with E-state index in [2.05, 4.69) is 10.3 Å². The topological polar surface area (TPSA) is 65.1 Å². The fourth-order valence-electron chi connectivity index (χ4n) is 4.00. The number of H-pyrrole nitrogens is 1. The third-order valence-corrected chi connectivity index (χ3v) is 5.32. The van der Waals surface area contributed by atoms with Crippen molar-refractivity contribution in [1.82, 2.24) is 10.3 Å². The average molecular weight is 388 g/mol. The fraction of sp³-hybridized carbons (Fsp3) is 0.286. The van der Waals surface area contributed by atoms with Gasteiger partial charge in [-0.1, -0.05) is 0 Å². The van der Waals surface area contributed by atoms with Crippen molar-refractivity contribution in [3.05, 3.63) is 59.4 Å². The van der Waals surface area contributed by atoms with Crippen molar-refractivity contribution in [2.24, 2.45) is 0 Å². The van der Waals surface area contributed by atoms with Crippen LogP contribution in [0.2, 0.25) is 0 Å². The van der Waals surface area contributed by atoms with Crippen LogP contribution in [0.25, 0.3) is 22.2 Å². The number of halogens is 3. The molecule has 28 heavy (non-hydrogen) atoms. The Morgan fingerprint density at radius 2 is 1.86 bits per heavy atom. The van der Waals surface area contributed by atoms with Crippen LogP contribution in [0, 0.1) is 17.5 Å². The molecule has 4 rings (SSSR count). The highest BCUT2D eigenvalue weighted by atomic mass is 19.1. The number of carbonyl (C=O) groups excluding carboxylic acids is 1. The Bertz CT molecular complexity index is 1050. The molecule has 1 aromatic heterocycles. The molecule has 3 N–H and O–H groups in total. The molecule has 0 aliphatic heterocycles. The molecule has 1 aliphatic rings. The highest BCUT2D eigenvalue weighted by molar-refractivity contribution is 5.92. The first-order chi connectivity index (χ1) is 13.3. The molecule has 1 aliphatic carbocycles. The summed E-state index contributed by atoms with van der Waals surface area (Å²) in [5.74, 6) is -2.19. The van der Waals surface area contributed by atoms with Crippen LogP contribution >= 0.6 is 0 Å².